The van der Waals surface area contributed by atoms with Gasteiger partial charge < -0.3 is 16.0 Å². The van der Waals surface area contributed by atoms with Crippen LogP contribution in [0.1, 0.15) is 5.56 Å². The van der Waals surface area contributed by atoms with Gasteiger partial charge in [0.25, 0.3) is 0 Å². The highest BCUT2D eigenvalue weighted by molar-refractivity contribution is 9.10. The quantitative estimate of drug-likeness (QED) is 0.702. The molecule has 0 atom stereocenters. The predicted octanol–water partition coefficient (Wildman–Crippen LogP) is 3.91. The van der Waals surface area contributed by atoms with Gasteiger partial charge in [-0.3, -0.25) is 9.97 Å². The zero-order valence-corrected chi connectivity index (χ0v) is 12.6. The van der Waals surface area contributed by atoms with Crippen LogP contribution in [-0.4, -0.2) is 9.97 Å². The van der Waals surface area contributed by atoms with Gasteiger partial charge in [-0.15, -0.1) is 0 Å². The normalized spacial score (nSPS) is 10.6. The van der Waals surface area contributed by atoms with Gasteiger partial charge in [0, 0.05) is 35.0 Å². The Hall–Kier alpha value is -2.18. The van der Waals surface area contributed by atoms with Crippen LogP contribution in [0.5, 0.6) is 0 Å². The maximum Gasteiger partial charge on any atom is 0.0655 e. The molecule has 0 bridgehead atoms. The molecular formula is C15H12BrN4O-. The molecule has 0 aliphatic heterocycles. The lowest BCUT2D eigenvalue weighted by molar-refractivity contribution is 1.15. The summed E-state index contributed by atoms with van der Waals surface area (Å²) in [5.41, 5.74) is 4.16. The lowest BCUT2D eigenvalue weighted by Gasteiger charge is -2.15. The average Bonchev–Trinajstić information content (AvgIpc) is 2.54. The molecule has 6 heteroatoms. The standard InChI is InChI=1S/C15H12BrN4O/c16-13-8-18-7-11-2-1-10(5-12(11)13)6-19-14-3-4-17-9-15(14)20-21/h1-5,7-9,20H,6H2,(H,17,19)/q-1. The summed E-state index contributed by atoms with van der Waals surface area (Å²) in [4.78, 5) is 8.05. The Labute approximate surface area is 130 Å². The lowest BCUT2D eigenvalue weighted by atomic mass is 10.1. The Bertz CT molecular complexity index is 778. The molecule has 106 valence electrons. The van der Waals surface area contributed by atoms with Crippen molar-refractivity contribution in [1.82, 2.24) is 9.97 Å². The predicted molar refractivity (Wildman–Crippen MR) is 88.0 cm³/mol. The van der Waals surface area contributed by atoms with Crippen molar-refractivity contribution in [2.24, 2.45) is 0 Å². The van der Waals surface area contributed by atoms with Crippen molar-refractivity contribution in [2.75, 3.05) is 10.8 Å². The number of hydrogen-bond donors (Lipinski definition) is 2. The van der Waals surface area contributed by atoms with Crippen LogP contribution in [0.25, 0.3) is 10.8 Å². The number of fused-ring (bicyclic) bond motifs is 1. The molecule has 0 aliphatic carbocycles. The van der Waals surface area contributed by atoms with E-state index in [-0.39, 0.29) is 0 Å². The second kappa shape index (κ2) is 6.07. The first kappa shape index (κ1) is 13.8. The summed E-state index contributed by atoms with van der Waals surface area (Å²) >= 11 is 3.51. The van der Waals surface area contributed by atoms with Gasteiger partial charge in [-0.2, -0.15) is 0 Å². The number of pyridine rings is 2. The molecule has 3 rings (SSSR count). The van der Waals surface area contributed by atoms with Crippen molar-refractivity contribution in [1.29, 1.82) is 0 Å². The maximum absolute atomic E-state index is 10.8. The van der Waals surface area contributed by atoms with Crippen molar-refractivity contribution in [3.63, 3.8) is 0 Å². The molecule has 2 heterocycles. The van der Waals surface area contributed by atoms with E-state index >= 15 is 0 Å². The summed E-state index contributed by atoms with van der Waals surface area (Å²) in [6, 6.07) is 7.93. The first-order valence-corrected chi connectivity index (χ1v) is 7.15. The van der Waals surface area contributed by atoms with Gasteiger partial charge in [-0.05, 0) is 39.0 Å². The minimum atomic E-state index is 0.434. The Balaban J connectivity index is 1.84. The number of nitrogens with zero attached hydrogens (tertiary/aromatic N) is 2. The number of aromatic nitrogens is 2. The van der Waals surface area contributed by atoms with Crippen LogP contribution >= 0.6 is 15.9 Å². The van der Waals surface area contributed by atoms with Gasteiger partial charge in [0.2, 0.25) is 0 Å². The van der Waals surface area contributed by atoms with E-state index in [1.807, 2.05) is 23.8 Å². The summed E-state index contributed by atoms with van der Waals surface area (Å²) in [7, 11) is 0. The number of hydrogen-bond acceptors (Lipinski definition) is 5. The third kappa shape index (κ3) is 2.96. The van der Waals surface area contributed by atoms with Crippen LogP contribution in [0, 0.1) is 5.21 Å². The lowest BCUT2D eigenvalue weighted by Crippen LogP contribution is -2.02. The van der Waals surface area contributed by atoms with Crippen molar-refractivity contribution in [2.45, 2.75) is 6.54 Å². The van der Waals surface area contributed by atoms with E-state index in [0.717, 1.165) is 26.5 Å². The zero-order valence-electron chi connectivity index (χ0n) is 11.0. The van der Waals surface area contributed by atoms with E-state index in [4.69, 9.17) is 0 Å². The van der Waals surface area contributed by atoms with Gasteiger partial charge in [-0.1, -0.05) is 12.1 Å². The third-order valence-electron chi connectivity index (χ3n) is 3.19. The van der Waals surface area contributed by atoms with Gasteiger partial charge in [-0.25, -0.2) is 0 Å². The number of nitrogens with one attached hydrogen (secondary N) is 2. The van der Waals surface area contributed by atoms with Crippen LogP contribution in [-0.2, 0) is 6.54 Å². The molecule has 0 unspecified atom stereocenters. The van der Waals surface area contributed by atoms with Crippen LogP contribution in [0.3, 0.4) is 0 Å². The van der Waals surface area contributed by atoms with Crippen LogP contribution < -0.4 is 10.8 Å². The van der Waals surface area contributed by atoms with Crippen molar-refractivity contribution in [3.05, 3.63) is 64.3 Å². The van der Waals surface area contributed by atoms with Gasteiger partial charge in [0.05, 0.1) is 17.6 Å². The topological polar surface area (TPSA) is 72.9 Å². The van der Waals surface area contributed by atoms with Gasteiger partial charge in [0.15, 0.2) is 0 Å². The highest BCUT2D eigenvalue weighted by Crippen LogP contribution is 2.25. The Morgan fingerprint density at radius 2 is 1.95 bits per heavy atom. The summed E-state index contributed by atoms with van der Waals surface area (Å²) < 4.78 is 0.965. The molecule has 0 saturated carbocycles. The summed E-state index contributed by atoms with van der Waals surface area (Å²) in [6.45, 7) is 0.614. The van der Waals surface area contributed by atoms with E-state index in [1.165, 1.54) is 6.20 Å². The summed E-state index contributed by atoms with van der Waals surface area (Å²) in [6.07, 6.45) is 6.76. The zero-order chi connectivity index (χ0) is 14.7. The summed E-state index contributed by atoms with van der Waals surface area (Å²) in [5.74, 6) is 0. The van der Waals surface area contributed by atoms with Crippen molar-refractivity contribution in [3.8, 4) is 0 Å². The summed E-state index contributed by atoms with van der Waals surface area (Å²) in [5, 5.41) is 16.3. The fourth-order valence-corrected chi connectivity index (χ4v) is 2.57. The molecule has 0 amide bonds. The first-order chi connectivity index (χ1) is 10.3. The highest BCUT2D eigenvalue weighted by Gasteiger charge is 2.02. The van der Waals surface area contributed by atoms with E-state index in [2.05, 4.69) is 37.3 Å². The fraction of sp³-hybridized carbons (Fsp3) is 0.0667. The van der Waals surface area contributed by atoms with E-state index in [1.54, 1.807) is 18.5 Å². The fourth-order valence-electron chi connectivity index (χ4n) is 2.11. The Morgan fingerprint density at radius 1 is 1.05 bits per heavy atom. The SMILES string of the molecule is [O-]Nc1cnccc1NCc1ccc2cncc(Br)c2c1. The van der Waals surface area contributed by atoms with Crippen molar-refractivity contribution >= 4 is 38.1 Å². The Morgan fingerprint density at radius 3 is 2.81 bits per heavy atom. The van der Waals surface area contributed by atoms with Crippen LogP contribution in [0.4, 0.5) is 11.4 Å². The van der Waals surface area contributed by atoms with E-state index in [0.29, 0.717) is 12.2 Å². The minimum Gasteiger partial charge on any atom is -0.761 e. The molecule has 2 N–H and O–H groups in total. The molecule has 0 saturated heterocycles. The maximum atomic E-state index is 10.8. The number of halogens is 1. The van der Waals surface area contributed by atoms with Gasteiger partial charge >= 0.3 is 0 Å². The molecule has 0 fully saturated rings. The Kier molecular flexibility index (Phi) is 3.98. The number of rotatable bonds is 4. The molecular weight excluding hydrogens is 332 g/mol. The third-order valence-corrected chi connectivity index (χ3v) is 3.82. The van der Waals surface area contributed by atoms with Gasteiger partial charge in [0.1, 0.15) is 0 Å². The second-order valence-electron chi connectivity index (χ2n) is 4.55. The molecule has 21 heavy (non-hydrogen) atoms. The monoisotopic (exact) mass is 343 g/mol. The largest absolute Gasteiger partial charge is 0.761 e. The molecule has 1 aromatic carbocycles. The highest BCUT2D eigenvalue weighted by atomic mass is 79.9. The van der Waals surface area contributed by atoms with Crippen molar-refractivity contribution < 1.29 is 0 Å². The molecule has 2 aromatic heterocycles. The first-order valence-electron chi connectivity index (χ1n) is 6.36. The second-order valence-corrected chi connectivity index (χ2v) is 5.41. The average molecular weight is 344 g/mol. The molecule has 0 aliphatic rings. The van der Waals surface area contributed by atoms with Crippen LogP contribution in [0.15, 0.2) is 53.5 Å². The minimum absolute atomic E-state index is 0.434. The molecule has 5 nitrogen and oxygen atoms in total. The molecule has 3 aromatic rings. The van der Waals surface area contributed by atoms with E-state index < -0.39 is 0 Å². The molecule has 0 spiro atoms. The van der Waals surface area contributed by atoms with Crippen LogP contribution in [0.2, 0.25) is 0 Å². The van der Waals surface area contributed by atoms with E-state index in [9.17, 15) is 5.21 Å². The smallest absolute Gasteiger partial charge is 0.0655 e. The number of anilines is 2. The number of benzene rings is 1. The molecule has 0 radical (unpaired) electrons.